The van der Waals surface area contributed by atoms with Crippen LogP contribution in [0.4, 0.5) is 0 Å². The van der Waals surface area contributed by atoms with Gasteiger partial charge in [0.25, 0.3) is 5.91 Å². The number of carbonyl (C=O) groups is 2. The monoisotopic (exact) mass is 382 g/mol. The van der Waals surface area contributed by atoms with E-state index in [2.05, 4.69) is 29.6 Å². The number of amides is 2. The highest BCUT2D eigenvalue weighted by molar-refractivity contribution is 8.00. The Kier molecular flexibility index (Phi) is 6.93. The number of aryl methyl sites for hydroxylation is 1. The van der Waals surface area contributed by atoms with Gasteiger partial charge in [-0.2, -0.15) is 0 Å². The molecule has 142 valence electrons. The highest BCUT2D eigenvalue weighted by atomic mass is 32.2. The van der Waals surface area contributed by atoms with Gasteiger partial charge in [0, 0.05) is 18.7 Å². The molecule has 2 aromatic carbocycles. The van der Waals surface area contributed by atoms with Crippen LogP contribution in [0.2, 0.25) is 0 Å². The summed E-state index contributed by atoms with van der Waals surface area (Å²) in [7, 11) is 0. The van der Waals surface area contributed by atoms with Gasteiger partial charge >= 0.3 is 0 Å². The number of carbonyl (C=O) groups excluding carboxylic acids is 2. The zero-order chi connectivity index (χ0) is 19.1. The Balaban J connectivity index is 1.49. The number of rotatable bonds is 8. The van der Waals surface area contributed by atoms with Gasteiger partial charge in [-0.3, -0.25) is 9.59 Å². The molecule has 1 aliphatic rings. The highest BCUT2D eigenvalue weighted by Gasteiger charge is 2.31. The quantitative estimate of drug-likeness (QED) is 0.701. The first-order valence-electron chi connectivity index (χ1n) is 9.52. The van der Waals surface area contributed by atoms with Crippen LogP contribution in [0.1, 0.15) is 46.6 Å². The van der Waals surface area contributed by atoms with Crippen molar-refractivity contribution >= 4 is 23.6 Å². The van der Waals surface area contributed by atoms with Crippen LogP contribution in [-0.2, 0) is 11.2 Å². The lowest BCUT2D eigenvalue weighted by Gasteiger charge is -2.22. The maximum atomic E-state index is 12.5. The molecule has 1 aliphatic heterocycles. The predicted octanol–water partition coefficient (Wildman–Crippen LogP) is 4.03. The first-order valence-corrected chi connectivity index (χ1v) is 10.6. The van der Waals surface area contributed by atoms with Crippen LogP contribution in [-0.4, -0.2) is 35.6 Å². The summed E-state index contributed by atoms with van der Waals surface area (Å²) in [6, 6.07) is 18.0. The fourth-order valence-corrected chi connectivity index (χ4v) is 4.56. The fourth-order valence-electron chi connectivity index (χ4n) is 3.31. The van der Waals surface area contributed by atoms with E-state index in [9.17, 15) is 9.59 Å². The summed E-state index contributed by atoms with van der Waals surface area (Å²) in [5.74, 6) is 0.630. The number of benzene rings is 2. The zero-order valence-corrected chi connectivity index (χ0v) is 16.5. The molecule has 0 aliphatic carbocycles. The van der Waals surface area contributed by atoms with Crippen LogP contribution in [0.15, 0.2) is 54.6 Å². The third-order valence-electron chi connectivity index (χ3n) is 4.76. The Labute approximate surface area is 165 Å². The van der Waals surface area contributed by atoms with Gasteiger partial charge in [-0.15, -0.1) is 11.8 Å². The topological polar surface area (TPSA) is 49.4 Å². The predicted molar refractivity (Wildman–Crippen MR) is 111 cm³/mol. The summed E-state index contributed by atoms with van der Waals surface area (Å²) >= 11 is 1.62. The van der Waals surface area contributed by atoms with Gasteiger partial charge in [0.15, 0.2) is 0 Å². The Morgan fingerprint density at radius 1 is 1.15 bits per heavy atom. The van der Waals surface area contributed by atoms with Gasteiger partial charge < -0.3 is 10.2 Å². The number of hydrogen-bond donors (Lipinski definition) is 1. The lowest BCUT2D eigenvalue weighted by molar-refractivity contribution is -0.127. The van der Waals surface area contributed by atoms with Gasteiger partial charge in [-0.05, 0) is 49.4 Å². The Morgan fingerprint density at radius 2 is 1.96 bits per heavy atom. The summed E-state index contributed by atoms with van der Waals surface area (Å²) in [5, 5.41) is 3.03. The minimum absolute atomic E-state index is 0.0149. The second-order valence-corrected chi connectivity index (χ2v) is 7.74. The first-order chi connectivity index (χ1) is 13.2. The molecule has 3 rings (SSSR count). The lowest BCUT2D eigenvalue weighted by Crippen LogP contribution is -2.28. The Morgan fingerprint density at radius 3 is 2.74 bits per heavy atom. The number of unbranched alkanes of at least 4 members (excludes halogenated alkanes) is 1. The van der Waals surface area contributed by atoms with Gasteiger partial charge in [0.2, 0.25) is 5.91 Å². The van der Waals surface area contributed by atoms with Crippen molar-refractivity contribution in [2.45, 2.75) is 31.6 Å². The average molecular weight is 383 g/mol. The number of nitrogens with one attached hydrogen (secondary N) is 1. The molecular formula is C22H26N2O2S. The summed E-state index contributed by atoms with van der Waals surface area (Å²) in [6.07, 6.45) is 3.04. The standard InChI is InChI=1S/C22H26N2O2S/c1-2-24-20(25)16-27-22(24)19-13-8-12-18(15-19)21(26)23-14-7-6-11-17-9-4-3-5-10-17/h3-5,8-10,12-13,15,22H,2,6-7,11,14,16H2,1H3,(H,23,26). The van der Waals surface area contributed by atoms with Crippen LogP contribution >= 0.6 is 11.8 Å². The van der Waals surface area contributed by atoms with Crippen molar-refractivity contribution in [2.75, 3.05) is 18.8 Å². The lowest BCUT2D eigenvalue weighted by atomic mass is 10.1. The van der Waals surface area contributed by atoms with E-state index in [1.165, 1.54) is 5.56 Å². The fraction of sp³-hybridized carbons (Fsp3) is 0.364. The molecule has 0 bridgehead atoms. The largest absolute Gasteiger partial charge is 0.352 e. The van der Waals surface area contributed by atoms with E-state index in [4.69, 9.17) is 0 Å². The van der Waals surface area contributed by atoms with E-state index in [0.717, 1.165) is 24.8 Å². The molecule has 1 saturated heterocycles. The summed E-state index contributed by atoms with van der Waals surface area (Å²) < 4.78 is 0. The molecule has 0 aromatic heterocycles. The van der Waals surface area contributed by atoms with E-state index in [-0.39, 0.29) is 17.2 Å². The summed E-state index contributed by atoms with van der Waals surface area (Å²) in [5.41, 5.74) is 3.01. The highest BCUT2D eigenvalue weighted by Crippen LogP contribution is 2.38. The van der Waals surface area contributed by atoms with Crippen LogP contribution in [0.3, 0.4) is 0 Å². The molecule has 0 spiro atoms. The second kappa shape index (κ2) is 9.60. The van der Waals surface area contributed by atoms with E-state index in [0.29, 0.717) is 24.4 Å². The van der Waals surface area contributed by atoms with E-state index >= 15 is 0 Å². The van der Waals surface area contributed by atoms with Gasteiger partial charge in [0.1, 0.15) is 5.37 Å². The van der Waals surface area contributed by atoms with Crippen molar-refractivity contribution in [3.05, 3.63) is 71.3 Å². The normalized spacial score (nSPS) is 16.6. The second-order valence-electron chi connectivity index (χ2n) is 6.67. The Hall–Kier alpha value is -2.27. The minimum Gasteiger partial charge on any atom is -0.352 e. The summed E-state index contributed by atoms with van der Waals surface area (Å²) in [6.45, 7) is 3.35. The van der Waals surface area contributed by atoms with Crippen molar-refractivity contribution in [3.63, 3.8) is 0 Å². The van der Waals surface area contributed by atoms with Gasteiger partial charge in [-0.25, -0.2) is 0 Å². The molecule has 1 heterocycles. The SMILES string of the molecule is CCN1C(=O)CSC1c1cccc(C(=O)NCCCCc2ccccc2)c1. The molecule has 1 N–H and O–H groups in total. The molecule has 5 heteroatoms. The molecule has 2 aromatic rings. The molecule has 1 atom stereocenters. The van der Waals surface area contributed by atoms with Crippen LogP contribution in [0.25, 0.3) is 0 Å². The molecular weight excluding hydrogens is 356 g/mol. The molecule has 0 saturated carbocycles. The van der Waals surface area contributed by atoms with E-state index < -0.39 is 0 Å². The van der Waals surface area contributed by atoms with E-state index in [1.54, 1.807) is 11.8 Å². The Bertz CT molecular complexity index is 779. The van der Waals surface area contributed by atoms with Gasteiger partial charge in [-0.1, -0.05) is 42.5 Å². The third kappa shape index (κ3) is 5.13. The number of nitrogens with zero attached hydrogens (tertiary/aromatic N) is 1. The number of hydrogen-bond acceptors (Lipinski definition) is 3. The minimum atomic E-state index is -0.0473. The van der Waals surface area contributed by atoms with Crippen LogP contribution < -0.4 is 5.32 Å². The maximum Gasteiger partial charge on any atom is 0.251 e. The molecule has 1 unspecified atom stereocenters. The maximum absolute atomic E-state index is 12.5. The molecule has 2 amide bonds. The van der Waals surface area contributed by atoms with Crippen LogP contribution in [0.5, 0.6) is 0 Å². The average Bonchev–Trinajstić information content (AvgIpc) is 3.09. The summed E-state index contributed by atoms with van der Waals surface area (Å²) in [4.78, 5) is 26.3. The molecule has 27 heavy (non-hydrogen) atoms. The van der Waals surface area contributed by atoms with Crippen molar-refractivity contribution in [1.29, 1.82) is 0 Å². The molecule has 0 radical (unpaired) electrons. The van der Waals surface area contributed by atoms with Crippen molar-refractivity contribution in [1.82, 2.24) is 10.2 Å². The van der Waals surface area contributed by atoms with Crippen molar-refractivity contribution in [3.8, 4) is 0 Å². The van der Waals surface area contributed by atoms with Crippen molar-refractivity contribution in [2.24, 2.45) is 0 Å². The molecule has 1 fully saturated rings. The van der Waals surface area contributed by atoms with Crippen LogP contribution in [0, 0.1) is 0 Å². The first kappa shape index (κ1) is 19.5. The van der Waals surface area contributed by atoms with Gasteiger partial charge in [0.05, 0.1) is 5.75 Å². The number of thioether (sulfide) groups is 1. The van der Waals surface area contributed by atoms with Crippen molar-refractivity contribution < 1.29 is 9.59 Å². The smallest absolute Gasteiger partial charge is 0.251 e. The molecule has 4 nitrogen and oxygen atoms in total. The van der Waals surface area contributed by atoms with E-state index in [1.807, 2.05) is 42.2 Å². The third-order valence-corrected chi connectivity index (χ3v) is 6.02. The zero-order valence-electron chi connectivity index (χ0n) is 15.7.